The summed E-state index contributed by atoms with van der Waals surface area (Å²) in [6.07, 6.45) is 0.186. The van der Waals surface area contributed by atoms with E-state index in [2.05, 4.69) is 5.32 Å². The van der Waals surface area contributed by atoms with E-state index >= 15 is 0 Å². The molecule has 0 aliphatic rings. The summed E-state index contributed by atoms with van der Waals surface area (Å²) in [7, 11) is 1.52. The molecule has 0 fully saturated rings. The van der Waals surface area contributed by atoms with Crippen LogP contribution in [0, 0.1) is 5.92 Å². The lowest BCUT2D eigenvalue weighted by Crippen LogP contribution is -2.33. The normalized spacial score (nSPS) is 11.6. The van der Waals surface area contributed by atoms with Crippen molar-refractivity contribution in [2.75, 3.05) is 13.7 Å². The van der Waals surface area contributed by atoms with Crippen LogP contribution in [0.2, 0.25) is 0 Å². The van der Waals surface area contributed by atoms with E-state index in [1.54, 1.807) is 0 Å². The summed E-state index contributed by atoms with van der Waals surface area (Å²) in [5.41, 5.74) is 2.07. The number of hydrogen-bond acceptors (Lipinski definition) is 4. The van der Waals surface area contributed by atoms with Crippen LogP contribution in [0.1, 0.15) is 24.5 Å². The molecule has 0 aromatic heterocycles. The van der Waals surface area contributed by atoms with Gasteiger partial charge in [0, 0.05) is 20.1 Å². The Hall–Kier alpha value is -2.66. The van der Waals surface area contributed by atoms with E-state index in [0.717, 1.165) is 16.9 Å². The fraction of sp³-hybridized carbons (Fsp3) is 0.333. The van der Waals surface area contributed by atoms with E-state index in [1.165, 1.54) is 14.0 Å². The number of hydrogen-bond donors (Lipinski definition) is 1. The van der Waals surface area contributed by atoms with Crippen LogP contribution in [-0.4, -0.2) is 25.4 Å². The Kier molecular flexibility index (Phi) is 7.83. The van der Waals surface area contributed by atoms with Crippen molar-refractivity contribution in [2.45, 2.75) is 26.5 Å². The molecule has 138 valence electrons. The Balaban J connectivity index is 1.82. The number of carbonyl (C=O) groups excluding carboxylic acids is 2. The predicted molar refractivity (Wildman–Crippen MR) is 99.7 cm³/mol. The molecule has 0 radical (unpaired) electrons. The molecule has 5 heteroatoms. The van der Waals surface area contributed by atoms with Crippen molar-refractivity contribution >= 4 is 11.7 Å². The van der Waals surface area contributed by atoms with Crippen molar-refractivity contribution in [3.63, 3.8) is 0 Å². The summed E-state index contributed by atoms with van der Waals surface area (Å²) < 4.78 is 10.8. The molecular formula is C21H25NO4. The van der Waals surface area contributed by atoms with E-state index in [1.807, 2.05) is 54.6 Å². The van der Waals surface area contributed by atoms with Crippen LogP contribution in [0.25, 0.3) is 0 Å². The molecular weight excluding hydrogens is 330 g/mol. The number of nitrogens with one attached hydrogen (secondary N) is 1. The molecule has 0 aliphatic carbocycles. The maximum absolute atomic E-state index is 12.2. The third kappa shape index (κ3) is 6.69. The van der Waals surface area contributed by atoms with Crippen molar-refractivity contribution in [1.29, 1.82) is 0 Å². The first-order valence-corrected chi connectivity index (χ1v) is 8.60. The number of ether oxygens (including phenoxy) is 2. The van der Waals surface area contributed by atoms with Crippen LogP contribution in [-0.2, 0) is 27.5 Å². The summed E-state index contributed by atoms with van der Waals surface area (Å²) >= 11 is 0. The van der Waals surface area contributed by atoms with Gasteiger partial charge in [-0.1, -0.05) is 42.5 Å². The Morgan fingerprint density at radius 1 is 1.00 bits per heavy atom. The first-order chi connectivity index (χ1) is 12.6. The average Bonchev–Trinajstić information content (AvgIpc) is 2.65. The molecule has 0 heterocycles. The lowest BCUT2D eigenvalue weighted by Gasteiger charge is -2.15. The fourth-order valence-electron chi connectivity index (χ4n) is 2.55. The van der Waals surface area contributed by atoms with Gasteiger partial charge in [0.25, 0.3) is 0 Å². The van der Waals surface area contributed by atoms with Crippen molar-refractivity contribution in [2.24, 2.45) is 5.92 Å². The van der Waals surface area contributed by atoms with Crippen molar-refractivity contribution in [3.8, 4) is 5.75 Å². The topological polar surface area (TPSA) is 64.6 Å². The van der Waals surface area contributed by atoms with Gasteiger partial charge in [0.05, 0.1) is 12.5 Å². The molecule has 0 spiro atoms. The quantitative estimate of drug-likeness (QED) is 0.711. The molecule has 0 saturated carbocycles. The summed E-state index contributed by atoms with van der Waals surface area (Å²) in [4.78, 5) is 23.5. The molecule has 1 N–H and O–H groups in total. The van der Waals surface area contributed by atoms with E-state index in [0.29, 0.717) is 13.2 Å². The highest BCUT2D eigenvalue weighted by Gasteiger charge is 2.19. The Morgan fingerprint density at radius 2 is 1.69 bits per heavy atom. The average molecular weight is 355 g/mol. The molecule has 0 bridgehead atoms. The van der Waals surface area contributed by atoms with E-state index in [4.69, 9.17) is 9.47 Å². The lowest BCUT2D eigenvalue weighted by atomic mass is 10.0. The van der Waals surface area contributed by atoms with Crippen LogP contribution in [0.3, 0.4) is 0 Å². The van der Waals surface area contributed by atoms with Crippen LogP contribution in [0.5, 0.6) is 5.75 Å². The van der Waals surface area contributed by atoms with E-state index in [-0.39, 0.29) is 24.7 Å². The number of amides is 1. The summed E-state index contributed by atoms with van der Waals surface area (Å²) in [6.45, 7) is 2.62. The number of benzene rings is 2. The monoisotopic (exact) mass is 355 g/mol. The Morgan fingerprint density at radius 3 is 2.31 bits per heavy atom. The van der Waals surface area contributed by atoms with Gasteiger partial charge in [-0.2, -0.15) is 0 Å². The molecule has 0 aliphatic heterocycles. The Bertz CT molecular complexity index is 698. The Labute approximate surface area is 154 Å². The molecule has 1 atom stereocenters. The van der Waals surface area contributed by atoms with Gasteiger partial charge < -0.3 is 19.6 Å². The molecule has 1 amide bonds. The highest BCUT2D eigenvalue weighted by molar-refractivity contribution is 5.85. The minimum absolute atomic E-state index is 0.0258. The lowest BCUT2D eigenvalue weighted by molar-refractivity contribution is -0.130. The molecule has 2 aromatic carbocycles. The third-order valence-electron chi connectivity index (χ3n) is 3.91. The standard InChI is InChI=1S/C21H25NO4/c1-16(23)12-19(15-25-2)21(24)22-13-17-8-10-20(11-9-17)26-14-18-6-4-3-5-7-18/h3-11,19H,12-15H2,1-2H3,(H,22,24)/t19-/m1/s1. The van der Waals surface area contributed by atoms with Gasteiger partial charge in [-0.15, -0.1) is 0 Å². The minimum Gasteiger partial charge on any atom is -0.489 e. The summed E-state index contributed by atoms with van der Waals surface area (Å²) in [6, 6.07) is 17.6. The fourth-order valence-corrected chi connectivity index (χ4v) is 2.55. The largest absolute Gasteiger partial charge is 0.489 e. The van der Waals surface area contributed by atoms with Crippen LogP contribution in [0.15, 0.2) is 54.6 Å². The zero-order valence-corrected chi connectivity index (χ0v) is 15.2. The zero-order valence-electron chi connectivity index (χ0n) is 15.2. The van der Waals surface area contributed by atoms with Crippen molar-refractivity contribution < 1.29 is 19.1 Å². The third-order valence-corrected chi connectivity index (χ3v) is 3.91. The second-order valence-electron chi connectivity index (χ2n) is 6.19. The van der Waals surface area contributed by atoms with Crippen molar-refractivity contribution in [1.82, 2.24) is 5.32 Å². The molecule has 5 nitrogen and oxygen atoms in total. The maximum Gasteiger partial charge on any atom is 0.226 e. The highest BCUT2D eigenvalue weighted by atomic mass is 16.5. The SMILES string of the molecule is COC[C@@H](CC(C)=O)C(=O)NCc1ccc(OCc2ccccc2)cc1. The number of ketones is 1. The van der Waals surface area contributed by atoms with E-state index in [9.17, 15) is 9.59 Å². The van der Waals surface area contributed by atoms with Crippen LogP contribution >= 0.6 is 0 Å². The second-order valence-corrected chi connectivity index (χ2v) is 6.19. The van der Waals surface area contributed by atoms with Gasteiger partial charge in [0.2, 0.25) is 5.91 Å². The highest BCUT2D eigenvalue weighted by Crippen LogP contribution is 2.14. The number of carbonyl (C=O) groups is 2. The second kappa shape index (κ2) is 10.4. The number of Topliss-reactive ketones (excluding diaryl/α,β-unsaturated/α-hetero) is 1. The van der Waals surface area contributed by atoms with Gasteiger partial charge in [-0.3, -0.25) is 4.79 Å². The van der Waals surface area contributed by atoms with E-state index < -0.39 is 5.92 Å². The van der Waals surface area contributed by atoms with Gasteiger partial charge in [0.15, 0.2) is 0 Å². The zero-order chi connectivity index (χ0) is 18.8. The predicted octanol–water partition coefficient (Wildman–Crippen LogP) is 3.12. The van der Waals surface area contributed by atoms with Gasteiger partial charge in [-0.05, 0) is 30.2 Å². The molecule has 2 rings (SSSR count). The maximum atomic E-state index is 12.2. The van der Waals surface area contributed by atoms with Crippen LogP contribution < -0.4 is 10.1 Å². The van der Waals surface area contributed by atoms with Crippen LogP contribution in [0.4, 0.5) is 0 Å². The van der Waals surface area contributed by atoms with Gasteiger partial charge in [-0.25, -0.2) is 0 Å². The summed E-state index contributed by atoms with van der Waals surface area (Å²) in [5, 5.41) is 2.85. The van der Waals surface area contributed by atoms with Gasteiger partial charge in [0.1, 0.15) is 18.1 Å². The summed E-state index contributed by atoms with van der Waals surface area (Å²) in [5.74, 6) is 0.123. The molecule has 26 heavy (non-hydrogen) atoms. The smallest absolute Gasteiger partial charge is 0.226 e. The molecule has 0 saturated heterocycles. The number of methoxy groups -OCH3 is 1. The number of rotatable bonds is 10. The molecule has 2 aromatic rings. The van der Waals surface area contributed by atoms with Gasteiger partial charge >= 0.3 is 0 Å². The van der Waals surface area contributed by atoms with Crippen molar-refractivity contribution in [3.05, 3.63) is 65.7 Å². The minimum atomic E-state index is -0.453. The first-order valence-electron chi connectivity index (χ1n) is 8.60. The molecule has 0 unspecified atom stereocenters. The first kappa shape index (κ1) is 19.7.